The lowest BCUT2D eigenvalue weighted by Gasteiger charge is -2.30. The van der Waals surface area contributed by atoms with Crippen LogP contribution in [0, 0.1) is 5.82 Å². The van der Waals surface area contributed by atoms with E-state index in [4.69, 9.17) is 0 Å². The number of hydrogen-bond acceptors (Lipinski definition) is 3. The number of nitrogens with zero attached hydrogens (tertiary/aromatic N) is 1. The normalized spacial score (nSPS) is 11.5. The minimum absolute atomic E-state index is 0.0677. The van der Waals surface area contributed by atoms with Crippen LogP contribution in [-0.4, -0.2) is 40.4 Å². The van der Waals surface area contributed by atoms with Crippen LogP contribution in [-0.2, 0) is 17.8 Å². The summed E-state index contributed by atoms with van der Waals surface area (Å²) in [6.45, 7) is 2.22. The number of hydrogen-bond donors (Lipinski definition) is 2. The van der Waals surface area contributed by atoms with E-state index in [-0.39, 0.29) is 43.2 Å². The Morgan fingerprint density at radius 2 is 1.37 bits per heavy atom. The smallest absolute Gasteiger partial charge is 0.305 e. The number of carboxylic acids is 1. The summed E-state index contributed by atoms with van der Waals surface area (Å²) in [6.07, 6.45) is 1.24. The molecule has 0 aromatic heterocycles. The number of carboxylic acid groups (broad SMARTS) is 1. The number of rotatable bonds is 12. The summed E-state index contributed by atoms with van der Waals surface area (Å²) in [5.74, 6) is -1.94. The second-order valence-electron chi connectivity index (χ2n) is 9.92. The Morgan fingerprint density at radius 3 is 2.02 bits per heavy atom. The molecule has 0 aliphatic rings. The zero-order valence-corrected chi connectivity index (χ0v) is 22.9. The summed E-state index contributed by atoms with van der Waals surface area (Å²) in [5.41, 5.74) is 3.86. The van der Waals surface area contributed by atoms with Gasteiger partial charge in [-0.05, 0) is 66.3 Å². The lowest BCUT2D eigenvalue weighted by Crippen LogP contribution is -2.40. The first kappa shape index (κ1) is 29.2. The summed E-state index contributed by atoms with van der Waals surface area (Å²) in [5, 5.41) is 12.3. The molecule has 4 aromatic carbocycles. The molecule has 41 heavy (non-hydrogen) atoms. The van der Waals surface area contributed by atoms with Crippen molar-refractivity contribution in [2.75, 3.05) is 6.54 Å². The molecule has 0 saturated heterocycles. The van der Waals surface area contributed by atoms with Gasteiger partial charge in [0.15, 0.2) is 0 Å². The first-order chi connectivity index (χ1) is 19.8. The molecular formula is C34H33FN2O4. The van der Waals surface area contributed by atoms with Gasteiger partial charge in [0.1, 0.15) is 5.82 Å². The number of amides is 2. The molecule has 0 saturated carbocycles. The van der Waals surface area contributed by atoms with Crippen molar-refractivity contribution in [3.63, 3.8) is 0 Å². The maximum Gasteiger partial charge on any atom is 0.305 e. The van der Waals surface area contributed by atoms with Gasteiger partial charge in [0.05, 0.1) is 6.42 Å². The van der Waals surface area contributed by atoms with E-state index >= 15 is 0 Å². The molecule has 1 unspecified atom stereocenters. The summed E-state index contributed by atoms with van der Waals surface area (Å²) in [6, 6.07) is 29.8. The van der Waals surface area contributed by atoms with Gasteiger partial charge in [-0.15, -0.1) is 0 Å². The fourth-order valence-electron chi connectivity index (χ4n) is 4.77. The highest BCUT2D eigenvalue weighted by atomic mass is 19.1. The van der Waals surface area contributed by atoms with E-state index in [2.05, 4.69) is 5.32 Å². The van der Waals surface area contributed by atoms with E-state index in [0.717, 1.165) is 17.5 Å². The van der Waals surface area contributed by atoms with Crippen molar-refractivity contribution in [2.45, 2.75) is 38.8 Å². The fraction of sp³-hybridized carbons (Fsp3) is 0.206. The van der Waals surface area contributed by atoms with Gasteiger partial charge < -0.3 is 15.3 Å². The highest BCUT2D eigenvalue weighted by Gasteiger charge is 2.26. The standard InChI is InChI=1S/C34H33FN2O4/c1-24(15-16-25-9-3-2-4-10-25)37(22-21-32(38)39)34(41)31-14-8-6-12-29(31)28-11-5-7-13-30(28)33(40)36-23-26-17-19-27(35)20-18-26/h2-14,17-20,24H,15-16,21-23H2,1H3,(H,36,40)(H,38,39). The number of aryl methyl sites for hydroxylation is 1. The Balaban J connectivity index is 1.60. The number of benzene rings is 4. The zero-order valence-electron chi connectivity index (χ0n) is 22.9. The van der Waals surface area contributed by atoms with Gasteiger partial charge >= 0.3 is 5.97 Å². The number of carbonyl (C=O) groups excluding carboxylic acids is 2. The van der Waals surface area contributed by atoms with Crippen LogP contribution in [0.25, 0.3) is 11.1 Å². The lowest BCUT2D eigenvalue weighted by atomic mass is 9.93. The van der Waals surface area contributed by atoms with E-state index in [9.17, 15) is 23.9 Å². The fourth-order valence-corrected chi connectivity index (χ4v) is 4.77. The van der Waals surface area contributed by atoms with Crippen molar-refractivity contribution in [2.24, 2.45) is 0 Å². The molecule has 0 fully saturated rings. The van der Waals surface area contributed by atoms with Crippen molar-refractivity contribution in [3.8, 4) is 11.1 Å². The zero-order chi connectivity index (χ0) is 29.2. The second kappa shape index (κ2) is 14.0. The SMILES string of the molecule is CC(CCc1ccccc1)N(CCC(=O)O)C(=O)c1ccccc1-c1ccccc1C(=O)NCc1ccc(F)cc1. The van der Waals surface area contributed by atoms with Gasteiger partial charge in [0, 0.05) is 30.3 Å². The van der Waals surface area contributed by atoms with Crippen LogP contribution in [0.5, 0.6) is 0 Å². The van der Waals surface area contributed by atoms with Gasteiger partial charge in [-0.1, -0.05) is 78.9 Å². The first-order valence-corrected chi connectivity index (χ1v) is 13.6. The van der Waals surface area contributed by atoms with Gasteiger partial charge in [-0.3, -0.25) is 14.4 Å². The third kappa shape index (κ3) is 7.88. The Labute approximate surface area is 239 Å². The van der Waals surface area contributed by atoms with Crippen LogP contribution >= 0.6 is 0 Å². The van der Waals surface area contributed by atoms with Crippen molar-refractivity contribution >= 4 is 17.8 Å². The Morgan fingerprint density at radius 1 is 0.780 bits per heavy atom. The maximum absolute atomic E-state index is 14.0. The van der Waals surface area contributed by atoms with Crippen molar-refractivity contribution < 1.29 is 23.9 Å². The third-order valence-corrected chi connectivity index (χ3v) is 7.04. The molecule has 1 atom stereocenters. The van der Waals surface area contributed by atoms with Crippen LogP contribution in [0.4, 0.5) is 4.39 Å². The van der Waals surface area contributed by atoms with E-state index in [1.165, 1.54) is 12.1 Å². The minimum atomic E-state index is -0.977. The van der Waals surface area contributed by atoms with Crippen LogP contribution in [0.3, 0.4) is 0 Å². The van der Waals surface area contributed by atoms with Crippen molar-refractivity contribution in [3.05, 3.63) is 131 Å². The molecule has 4 aromatic rings. The molecule has 6 nitrogen and oxygen atoms in total. The summed E-state index contributed by atoms with van der Waals surface area (Å²) in [4.78, 5) is 40.4. The molecular weight excluding hydrogens is 519 g/mol. The largest absolute Gasteiger partial charge is 0.481 e. The van der Waals surface area contributed by atoms with Gasteiger partial charge in [-0.25, -0.2) is 4.39 Å². The Hall–Kier alpha value is -4.78. The van der Waals surface area contributed by atoms with Crippen molar-refractivity contribution in [1.82, 2.24) is 10.2 Å². The minimum Gasteiger partial charge on any atom is -0.481 e. The van der Waals surface area contributed by atoms with Crippen molar-refractivity contribution in [1.29, 1.82) is 0 Å². The van der Waals surface area contributed by atoms with Crippen LogP contribution in [0.15, 0.2) is 103 Å². The third-order valence-electron chi connectivity index (χ3n) is 7.04. The number of halogens is 1. The number of nitrogens with one attached hydrogen (secondary N) is 1. The van der Waals surface area contributed by atoms with E-state index in [0.29, 0.717) is 28.7 Å². The highest BCUT2D eigenvalue weighted by Crippen LogP contribution is 2.29. The lowest BCUT2D eigenvalue weighted by molar-refractivity contribution is -0.137. The van der Waals surface area contributed by atoms with E-state index in [1.54, 1.807) is 65.6 Å². The molecule has 2 amide bonds. The molecule has 0 spiro atoms. The molecule has 0 bridgehead atoms. The van der Waals surface area contributed by atoms with Gasteiger partial charge in [-0.2, -0.15) is 0 Å². The predicted molar refractivity (Wildman–Crippen MR) is 157 cm³/mol. The second-order valence-corrected chi connectivity index (χ2v) is 9.92. The molecule has 4 rings (SSSR count). The molecule has 210 valence electrons. The summed E-state index contributed by atoms with van der Waals surface area (Å²) in [7, 11) is 0. The average molecular weight is 553 g/mol. The Kier molecular flexibility index (Phi) is 9.99. The first-order valence-electron chi connectivity index (χ1n) is 13.6. The van der Waals surface area contributed by atoms with E-state index in [1.807, 2.05) is 37.3 Å². The van der Waals surface area contributed by atoms with Crippen LogP contribution in [0.2, 0.25) is 0 Å². The molecule has 0 radical (unpaired) electrons. The quantitative estimate of drug-likeness (QED) is 0.214. The number of aliphatic carboxylic acids is 1. The molecule has 0 aliphatic carbocycles. The monoisotopic (exact) mass is 552 g/mol. The van der Waals surface area contributed by atoms with Crippen LogP contribution < -0.4 is 5.32 Å². The Bertz CT molecular complexity index is 1490. The average Bonchev–Trinajstić information content (AvgIpc) is 3.00. The summed E-state index contributed by atoms with van der Waals surface area (Å²) < 4.78 is 13.3. The van der Waals surface area contributed by atoms with Crippen LogP contribution in [0.1, 0.15) is 51.6 Å². The van der Waals surface area contributed by atoms with Gasteiger partial charge in [0.25, 0.3) is 11.8 Å². The number of carbonyl (C=O) groups is 3. The molecule has 0 aliphatic heterocycles. The topological polar surface area (TPSA) is 86.7 Å². The predicted octanol–water partition coefficient (Wildman–Crippen LogP) is 6.36. The molecule has 0 heterocycles. The molecule has 2 N–H and O–H groups in total. The maximum atomic E-state index is 14.0. The van der Waals surface area contributed by atoms with E-state index < -0.39 is 5.97 Å². The molecule has 7 heteroatoms. The highest BCUT2D eigenvalue weighted by molar-refractivity contribution is 6.06. The van der Waals surface area contributed by atoms with Gasteiger partial charge in [0.2, 0.25) is 0 Å². The summed E-state index contributed by atoms with van der Waals surface area (Å²) >= 11 is 0.